The van der Waals surface area contributed by atoms with Crippen molar-refractivity contribution in [2.24, 2.45) is 0 Å². The van der Waals surface area contributed by atoms with Crippen molar-refractivity contribution in [3.63, 3.8) is 0 Å². The van der Waals surface area contributed by atoms with Gasteiger partial charge in [-0.2, -0.15) is 18.3 Å². The molecule has 0 aliphatic rings. The van der Waals surface area contributed by atoms with E-state index in [2.05, 4.69) is 10.4 Å². The van der Waals surface area contributed by atoms with E-state index in [9.17, 15) is 13.2 Å². The van der Waals surface area contributed by atoms with Gasteiger partial charge in [0, 0.05) is 35.6 Å². The Bertz CT molecular complexity index is 608. The lowest BCUT2D eigenvalue weighted by Gasteiger charge is -2.11. The fourth-order valence-electron chi connectivity index (χ4n) is 1.91. The first kappa shape index (κ1) is 15.7. The Kier molecular flexibility index (Phi) is 4.77. The first-order valence-corrected chi connectivity index (χ1v) is 6.89. The van der Waals surface area contributed by atoms with Gasteiger partial charge in [-0.25, -0.2) is 0 Å². The van der Waals surface area contributed by atoms with Gasteiger partial charge in [-0.3, -0.25) is 4.68 Å². The van der Waals surface area contributed by atoms with E-state index in [1.165, 1.54) is 6.07 Å². The fourth-order valence-corrected chi connectivity index (χ4v) is 2.14. The molecule has 1 aromatic heterocycles. The highest BCUT2D eigenvalue weighted by Gasteiger charge is 2.31. The minimum atomic E-state index is -4.41. The van der Waals surface area contributed by atoms with Crippen LogP contribution in [0, 0.1) is 0 Å². The van der Waals surface area contributed by atoms with Gasteiger partial charge in [0.1, 0.15) is 0 Å². The number of alkyl halides is 3. The van der Waals surface area contributed by atoms with Crippen LogP contribution in [0.3, 0.4) is 0 Å². The average Bonchev–Trinajstić information content (AvgIpc) is 2.83. The molecule has 114 valence electrons. The maximum absolute atomic E-state index is 12.7. The maximum Gasteiger partial charge on any atom is 0.416 e. The van der Waals surface area contributed by atoms with E-state index in [1.807, 2.05) is 13.1 Å². The van der Waals surface area contributed by atoms with Crippen molar-refractivity contribution in [2.45, 2.75) is 32.6 Å². The molecule has 0 atom stereocenters. The summed E-state index contributed by atoms with van der Waals surface area (Å²) in [7, 11) is 0. The number of halogens is 4. The third kappa shape index (κ3) is 4.39. The van der Waals surface area contributed by atoms with Crippen LogP contribution in [0.2, 0.25) is 5.02 Å². The summed E-state index contributed by atoms with van der Waals surface area (Å²) in [6, 6.07) is 3.42. The summed E-state index contributed by atoms with van der Waals surface area (Å²) in [6.45, 7) is 3.25. The molecule has 2 rings (SSSR count). The van der Waals surface area contributed by atoms with Gasteiger partial charge in [0.05, 0.1) is 11.8 Å². The lowest BCUT2D eigenvalue weighted by molar-refractivity contribution is -0.137. The molecule has 0 bridgehead atoms. The Labute approximate surface area is 125 Å². The first-order valence-electron chi connectivity index (χ1n) is 6.51. The Hall–Kier alpha value is -1.69. The predicted molar refractivity (Wildman–Crippen MR) is 76.3 cm³/mol. The van der Waals surface area contributed by atoms with Gasteiger partial charge in [-0.1, -0.05) is 18.5 Å². The van der Waals surface area contributed by atoms with E-state index in [0.29, 0.717) is 12.2 Å². The molecule has 0 aliphatic carbocycles. The van der Waals surface area contributed by atoms with Gasteiger partial charge < -0.3 is 5.32 Å². The van der Waals surface area contributed by atoms with Gasteiger partial charge in [-0.15, -0.1) is 0 Å². The molecule has 0 unspecified atom stereocenters. The van der Waals surface area contributed by atoms with Crippen molar-refractivity contribution in [1.82, 2.24) is 9.78 Å². The van der Waals surface area contributed by atoms with Crippen LogP contribution in [0.5, 0.6) is 0 Å². The number of nitrogens with one attached hydrogen (secondary N) is 1. The van der Waals surface area contributed by atoms with Crippen molar-refractivity contribution in [3.8, 4) is 0 Å². The van der Waals surface area contributed by atoms with Crippen LogP contribution < -0.4 is 5.32 Å². The molecule has 1 N–H and O–H groups in total. The molecule has 0 saturated heterocycles. The summed E-state index contributed by atoms with van der Waals surface area (Å²) < 4.78 is 39.9. The highest BCUT2D eigenvalue weighted by Crippen LogP contribution is 2.33. The van der Waals surface area contributed by atoms with E-state index < -0.39 is 11.7 Å². The predicted octanol–water partition coefficient (Wildman–Crippen LogP) is 4.58. The van der Waals surface area contributed by atoms with Crippen LogP contribution in [0.25, 0.3) is 0 Å². The van der Waals surface area contributed by atoms with Crippen LogP contribution in [-0.4, -0.2) is 9.78 Å². The number of rotatable bonds is 5. The van der Waals surface area contributed by atoms with Gasteiger partial charge >= 0.3 is 6.18 Å². The second kappa shape index (κ2) is 6.39. The molecule has 0 radical (unpaired) electrons. The first-order chi connectivity index (χ1) is 9.88. The number of benzene rings is 1. The molecule has 0 fully saturated rings. The number of anilines is 1. The molecular formula is C14H15ClF3N3. The lowest BCUT2D eigenvalue weighted by atomic mass is 10.2. The van der Waals surface area contributed by atoms with E-state index in [4.69, 9.17) is 11.6 Å². The molecule has 21 heavy (non-hydrogen) atoms. The number of hydrogen-bond donors (Lipinski definition) is 1. The summed E-state index contributed by atoms with van der Waals surface area (Å²) in [4.78, 5) is 0. The molecule has 1 heterocycles. The molecular weight excluding hydrogens is 303 g/mol. The quantitative estimate of drug-likeness (QED) is 0.875. The molecule has 1 aromatic carbocycles. The van der Waals surface area contributed by atoms with Crippen molar-refractivity contribution in [3.05, 3.63) is 46.7 Å². The Morgan fingerprint density at radius 3 is 2.71 bits per heavy atom. The highest BCUT2D eigenvalue weighted by atomic mass is 35.5. The average molecular weight is 318 g/mol. The maximum atomic E-state index is 12.7. The standard InChI is InChI=1S/C14H15ClF3N3/c1-2-3-21-9-10(8-20-21)7-19-13-5-11(14(16,17)18)4-12(15)6-13/h4-6,8-9,19H,2-3,7H2,1H3. The second-order valence-corrected chi connectivity index (χ2v) is 5.13. The molecule has 0 amide bonds. The summed E-state index contributed by atoms with van der Waals surface area (Å²) in [5.41, 5.74) is 0.467. The smallest absolute Gasteiger partial charge is 0.381 e. The molecule has 2 aromatic rings. The van der Waals surface area contributed by atoms with E-state index in [0.717, 1.165) is 30.7 Å². The zero-order chi connectivity index (χ0) is 15.5. The SMILES string of the molecule is CCCn1cc(CNc2cc(Cl)cc(C(F)(F)F)c2)cn1. The van der Waals surface area contributed by atoms with E-state index in [1.54, 1.807) is 10.9 Å². The zero-order valence-electron chi connectivity index (χ0n) is 11.4. The fraction of sp³-hybridized carbons (Fsp3) is 0.357. The van der Waals surface area contributed by atoms with E-state index >= 15 is 0 Å². The van der Waals surface area contributed by atoms with Crippen molar-refractivity contribution in [1.29, 1.82) is 0 Å². The van der Waals surface area contributed by atoms with Crippen LogP contribution >= 0.6 is 11.6 Å². The van der Waals surface area contributed by atoms with Crippen LogP contribution in [0.15, 0.2) is 30.6 Å². The van der Waals surface area contributed by atoms with Crippen LogP contribution in [-0.2, 0) is 19.3 Å². The van der Waals surface area contributed by atoms with Crippen molar-refractivity contribution >= 4 is 17.3 Å². The summed E-state index contributed by atoms with van der Waals surface area (Å²) in [5.74, 6) is 0. The zero-order valence-corrected chi connectivity index (χ0v) is 12.2. The minimum Gasteiger partial charge on any atom is -0.381 e. The highest BCUT2D eigenvalue weighted by molar-refractivity contribution is 6.30. The molecule has 7 heteroatoms. The topological polar surface area (TPSA) is 29.9 Å². The molecule has 3 nitrogen and oxygen atoms in total. The third-order valence-corrected chi connectivity index (χ3v) is 3.08. The second-order valence-electron chi connectivity index (χ2n) is 4.69. The number of aromatic nitrogens is 2. The summed E-state index contributed by atoms with van der Waals surface area (Å²) >= 11 is 5.73. The Balaban J connectivity index is 2.07. The normalized spacial score (nSPS) is 11.7. The van der Waals surface area contributed by atoms with Crippen molar-refractivity contribution < 1.29 is 13.2 Å². The largest absolute Gasteiger partial charge is 0.416 e. The third-order valence-electron chi connectivity index (χ3n) is 2.86. The van der Waals surface area contributed by atoms with E-state index in [-0.39, 0.29) is 5.02 Å². The minimum absolute atomic E-state index is 0.0500. The van der Waals surface area contributed by atoms with Gasteiger partial charge in [0.2, 0.25) is 0 Å². The Morgan fingerprint density at radius 1 is 1.29 bits per heavy atom. The number of aryl methyl sites for hydroxylation is 1. The summed E-state index contributed by atoms with van der Waals surface area (Å²) in [6.07, 6.45) is 0.120. The van der Waals surface area contributed by atoms with Gasteiger partial charge in [0.25, 0.3) is 0 Å². The number of hydrogen-bond acceptors (Lipinski definition) is 2. The van der Waals surface area contributed by atoms with Crippen molar-refractivity contribution in [2.75, 3.05) is 5.32 Å². The Morgan fingerprint density at radius 2 is 2.05 bits per heavy atom. The molecule has 0 spiro atoms. The van der Waals surface area contributed by atoms with Gasteiger partial charge in [-0.05, 0) is 24.6 Å². The summed E-state index contributed by atoms with van der Waals surface area (Å²) in [5, 5.41) is 7.15. The molecule has 0 saturated carbocycles. The molecule has 0 aliphatic heterocycles. The monoisotopic (exact) mass is 317 g/mol. The lowest BCUT2D eigenvalue weighted by Crippen LogP contribution is -2.06. The van der Waals surface area contributed by atoms with Crippen LogP contribution in [0.4, 0.5) is 18.9 Å². The number of nitrogens with zero attached hydrogens (tertiary/aromatic N) is 2. The van der Waals surface area contributed by atoms with Gasteiger partial charge in [0.15, 0.2) is 0 Å². The van der Waals surface area contributed by atoms with Crippen LogP contribution in [0.1, 0.15) is 24.5 Å².